The molecule has 2 rings (SSSR count). The van der Waals surface area contributed by atoms with Crippen LogP contribution in [0.4, 0.5) is 10.6 Å². The lowest BCUT2D eigenvalue weighted by Crippen LogP contribution is -2.33. The van der Waals surface area contributed by atoms with E-state index in [2.05, 4.69) is 15.3 Å². The summed E-state index contributed by atoms with van der Waals surface area (Å²) >= 11 is 0. The van der Waals surface area contributed by atoms with E-state index in [-0.39, 0.29) is 6.42 Å². The van der Waals surface area contributed by atoms with Gasteiger partial charge in [0.05, 0.1) is 0 Å². The summed E-state index contributed by atoms with van der Waals surface area (Å²) in [4.78, 5) is 33.6. The Kier molecular flexibility index (Phi) is 8.39. The van der Waals surface area contributed by atoms with Crippen LogP contribution in [0, 0.1) is 0 Å². The monoisotopic (exact) mass is 400 g/mol. The van der Waals surface area contributed by atoms with Crippen molar-refractivity contribution in [2.24, 2.45) is 0 Å². The number of hydrogen-bond acceptors (Lipinski definition) is 6. The molecule has 2 N–H and O–H groups in total. The summed E-state index contributed by atoms with van der Waals surface area (Å²) in [5, 5.41) is 12.6. The fourth-order valence-electron chi connectivity index (χ4n) is 2.88. The van der Waals surface area contributed by atoms with Gasteiger partial charge in [-0.25, -0.2) is 19.6 Å². The van der Waals surface area contributed by atoms with Gasteiger partial charge in [-0.3, -0.25) is 0 Å². The third-order valence-electron chi connectivity index (χ3n) is 4.51. The van der Waals surface area contributed by atoms with Gasteiger partial charge in [-0.15, -0.1) is 0 Å². The summed E-state index contributed by atoms with van der Waals surface area (Å²) in [6, 6.07) is 6.01. The van der Waals surface area contributed by atoms with Crippen LogP contribution >= 0.6 is 0 Å². The Morgan fingerprint density at radius 2 is 1.86 bits per heavy atom. The number of nitrogens with one attached hydrogen (secondary N) is 1. The Bertz CT molecular complexity index is 807. The van der Waals surface area contributed by atoms with Crippen molar-refractivity contribution < 1.29 is 19.4 Å². The molecule has 1 aromatic carbocycles. The SMILES string of the molecule is CCCc1cncnc1N[C@@H](Cc1ccc(OC(=O)N(CC)CC)cc1)C(=O)O. The van der Waals surface area contributed by atoms with Gasteiger partial charge in [-0.05, 0) is 38.0 Å². The van der Waals surface area contributed by atoms with E-state index in [9.17, 15) is 14.7 Å². The van der Waals surface area contributed by atoms with E-state index in [1.807, 2.05) is 20.8 Å². The van der Waals surface area contributed by atoms with Crippen molar-refractivity contribution in [3.8, 4) is 5.75 Å². The van der Waals surface area contributed by atoms with Gasteiger partial charge in [-0.2, -0.15) is 0 Å². The number of anilines is 1. The minimum atomic E-state index is -0.969. The lowest BCUT2D eigenvalue weighted by atomic mass is 10.1. The Balaban J connectivity index is 2.06. The highest BCUT2D eigenvalue weighted by molar-refractivity contribution is 5.77. The summed E-state index contributed by atoms with van der Waals surface area (Å²) in [6.45, 7) is 6.96. The zero-order chi connectivity index (χ0) is 21.2. The number of rotatable bonds is 10. The normalized spacial score (nSPS) is 11.6. The number of carboxylic acid groups (broad SMARTS) is 1. The topological polar surface area (TPSA) is 105 Å². The van der Waals surface area contributed by atoms with Crippen molar-refractivity contribution in [3.63, 3.8) is 0 Å². The molecule has 2 aromatic rings. The molecule has 0 spiro atoms. The second-order valence-corrected chi connectivity index (χ2v) is 6.57. The number of aromatic nitrogens is 2. The number of aliphatic carboxylic acids is 1. The molecule has 0 saturated heterocycles. The molecule has 0 aliphatic rings. The Hall–Kier alpha value is -3.16. The zero-order valence-electron chi connectivity index (χ0n) is 17.1. The van der Waals surface area contributed by atoms with Crippen LogP contribution in [-0.2, 0) is 17.6 Å². The van der Waals surface area contributed by atoms with Crippen LogP contribution in [0.1, 0.15) is 38.3 Å². The first-order chi connectivity index (χ1) is 14.0. The van der Waals surface area contributed by atoms with E-state index in [1.165, 1.54) is 6.33 Å². The smallest absolute Gasteiger partial charge is 0.415 e. The van der Waals surface area contributed by atoms with Crippen molar-refractivity contribution in [2.45, 2.75) is 46.1 Å². The van der Waals surface area contributed by atoms with Crippen LogP contribution in [0.3, 0.4) is 0 Å². The predicted molar refractivity (Wildman–Crippen MR) is 110 cm³/mol. The summed E-state index contributed by atoms with van der Waals surface area (Å²) in [7, 11) is 0. The highest BCUT2D eigenvalue weighted by Crippen LogP contribution is 2.18. The molecule has 8 heteroatoms. The van der Waals surface area contributed by atoms with E-state index in [0.29, 0.717) is 24.7 Å². The van der Waals surface area contributed by atoms with Crippen LogP contribution in [-0.4, -0.2) is 51.2 Å². The van der Waals surface area contributed by atoms with E-state index < -0.39 is 18.1 Å². The molecule has 1 aromatic heterocycles. The second kappa shape index (κ2) is 11.0. The molecular weight excluding hydrogens is 372 g/mol. The third kappa shape index (κ3) is 6.44. The number of carbonyl (C=O) groups is 2. The van der Waals surface area contributed by atoms with E-state index in [1.54, 1.807) is 35.4 Å². The number of hydrogen-bond donors (Lipinski definition) is 2. The van der Waals surface area contributed by atoms with Crippen LogP contribution in [0.15, 0.2) is 36.8 Å². The second-order valence-electron chi connectivity index (χ2n) is 6.57. The molecule has 0 aliphatic carbocycles. The van der Waals surface area contributed by atoms with E-state index in [0.717, 1.165) is 24.0 Å². The lowest BCUT2D eigenvalue weighted by Gasteiger charge is -2.18. The Morgan fingerprint density at radius 3 is 2.45 bits per heavy atom. The van der Waals surface area contributed by atoms with E-state index >= 15 is 0 Å². The number of ether oxygens (including phenoxy) is 1. The molecule has 1 heterocycles. The molecule has 1 atom stereocenters. The summed E-state index contributed by atoms with van der Waals surface area (Å²) < 4.78 is 5.34. The molecule has 0 fully saturated rings. The van der Waals surface area contributed by atoms with Gasteiger partial charge < -0.3 is 20.1 Å². The minimum absolute atomic E-state index is 0.259. The highest BCUT2D eigenvalue weighted by atomic mass is 16.6. The van der Waals surface area contributed by atoms with Crippen molar-refractivity contribution in [1.29, 1.82) is 0 Å². The number of benzene rings is 1. The van der Waals surface area contributed by atoms with Gasteiger partial charge in [0.25, 0.3) is 0 Å². The minimum Gasteiger partial charge on any atom is -0.480 e. The summed E-state index contributed by atoms with van der Waals surface area (Å²) in [5.74, 6) is -0.00589. The van der Waals surface area contributed by atoms with Gasteiger partial charge in [0.15, 0.2) is 0 Å². The number of amides is 1. The summed E-state index contributed by atoms with van der Waals surface area (Å²) in [6.07, 6.45) is 4.64. The molecule has 8 nitrogen and oxygen atoms in total. The first-order valence-corrected chi connectivity index (χ1v) is 9.82. The number of carbonyl (C=O) groups excluding carboxylic acids is 1. The van der Waals surface area contributed by atoms with Crippen LogP contribution in [0.25, 0.3) is 0 Å². The lowest BCUT2D eigenvalue weighted by molar-refractivity contribution is -0.137. The third-order valence-corrected chi connectivity index (χ3v) is 4.51. The molecule has 0 unspecified atom stereocenters. The maximum atomic E-state index is 12.0. The van der Waals surface area contributed by atoms with Gasteiger partial charge in [0.2, 0.25) is 0 Å². The molecule has 0 bridgehead atoms. The van der Waals surface area contributed by atoms with E-state index in [4.69, 9.17) is 4.74 Å². The first kappa shape index (κ1) is 22.1. The molecule has 0 aliphatic heterocycles. The van der Waals surface area contributed by atoms with Crippen LogP contribution in [0.5, 0.6) is 5.75 Å². The summed E-state index contributed by atoms with van der Waals surface area (Å²) in [5.41, 5.74) is 1.69. The molecule has 156 valence electrons. The zero-order valence-corrected chi connectivity index (χ0v) is 17.1. The molecule has 0 saturated carbocycles. The van der Waals surface area contributed by atoms with Crippen molar-refractivity contribution in [1.82, 2.24) is 14.9 Å². The van der Waals surface area contributed by atoms with Gasteiger partial charge in [0, 0.05) is 31.3 Å². The molecule has 29 heavy (non-hydrogen) atoms. The Labute approximate surface area is 170 Å². The van der Waals surface area contributed by atoms with Gasteiger partial charge in [0.1, 0.15) is 23.9 Å². The highest BCUT2D eigenvalue weighted by Gasteiger charge is 2.20. The van der Waals surface area contributed by atoms with Crippen molar-refractivity contribution >= 4 is 17.9 Å². The number of nitrogens with zero attached hydrogens (tertiary/aromatic N) is 3. The number of carboxylic acids is 1. The molecular formula is C21H28N4O4. The maximum Gasteiger partial charge on any atom is 0.415 e. The van der Waals surface area contributed by atoms with Gasteiger partial charge in [-0.1, -0.05) is 25.5 Å². The maximum absolute atomic E-state index is 12.0. The van der Waals surface area contributed by atoms with Crippen molar-refractivity contribution in [2.75, 3.05) is 18.4 Å². The predicted octanol–water partition coefficient (Wildman–Crippen LogP) is 3.38. The largest absolute Gasteiger partial charge is 0.480 e. The average molecular weight is 400 g/mol. The van der Waals surface area contributed by atoms with Crippen molar-refractivity contribution in [3.05, 3.63) is 47.9 Å². The molecule has 1 amide bonds. The average Bonchev–Trinajstić information content (AvgIpc) is 2.71. The van der Waals surface area contributed by atoms with Gasteiger partial charge >= 0.3 is 12.1 Å². The van der Waals surface area contributed by atoms with Crippen LogP contribution in [0.2, 0.25) is 0 Å². The standard InChI is InChI=1S/C21H28N4O4/c1-4-7-16-13-22-14-23-19(16)24-18(20(26)27)12-15-8-10-17(11-9-15)29-21(28)25(5-2)6-3/h8-11,13-14,18H,4-7,12H2,1-3H3,(H,26,27)(H,22,23,24)/t18-/m0/s1. The van der Waals surface area contributed by atoms with Crippen LogP contribution < -0.4 is 10.1 Å². The molecule has 0 radical (unpaired) electrons. The Morgan fingerprint density at radius 1 is 1.17 bits per heavy atom. The first-order valence-electron chi connectivity index (χ1n) is 9.82. The fourth-order valence-corrected chi connectivity index (χ4v) is 2.88. The quantitative estimate of drug-likeness (QED) is 0.630. The fraction of sp³-hybridized carbons (Fsp3) is 0.429. The number of aryl methyl sites for hydroxylation is 1.